The summed E-state index contributed by atoms with van der Waals surface area (Å²) in [5.74, 6) is 0. The Kier molecular flexibility index (Phi) is 6.83. The first kappa shape index (κ1) is 14.7. The van der Waals surface area contributed by atoms with E-state index in [1.807, 2.05) is 0 Å². The molecular weight excluding hydrogens is 274 g/mol. The molecule has 0 unspecified atom stereocenters. The van der Waals surface area contributed by atoms with Crippen LogP contribution in [-0.2, 0) is 0 Å². The zero-order valence-electron chi connectivity index (χ0n) is 11.2. The van der Waals surface area contributed by atoms with E-state index >= 15 is 0 Å². The van der Waals surface area contributed by atoms with Crippen LogP contribution in [0.4, 0.5) is 0 Å². The van der Waals surface area contributed by atoms with Gasteiger partial charge in [0, 0.05) is 16.6 Å². The molecule has 17 heavy (non-hydrogen) atoms. The van der Waals surface area contributed by atoms with Crippen molar-refractivity contribution in [3.63, 3.8) is 0 Å². The van der Waals surface area contributed by atoms with Crippen LogP contribution in [0.2, 0.25) is 0 Å². The van der Waals surface area contributed by atoms with Crippen LogP contribution in [0.25, 0.3) is 0 Å². The normalized spacial score (nSPS) is 13.0. The quantitative estimate of drug-likeness (QED) is 0.741. The van der Waals surface area contributed by atoms with Crippen molar-refractivity contribution in [1.29, 1.82) is 0 Å². The van der Waals surface area contributed by atoms with Gasteiger partial charge in [-0.1, -0.05) is 54.8 Å². The molecule has 1 nitrogen and oxygen atoms in total. The van der Waals surface area contributed by atoms with Crippen molar-refractivity contribution in [3.05, 3.63) is 34.3 Å². The third-order valence-electron chi connectivity index (χ3n) is 3.11. The van der Waals surface area contributed by atoms with Crippen molar-refractivity contribution in [2.24, 2.45) is 0 Å². The highest BCUT2D eigenvalue weighted by molar-refractivity contribution is 9.10. The molecule has 0 fully saturated rings. The van der Waals surface area contributed by atoms with Gasteiger partial charge in [-0.05, 0) is 37.5 Å². The Hall–Kier alpha value is -0.340. The van der Waals surface area contributed by atoms with Crippen molar-refractivity contribution in [3.8, 4) is 0 Å². The van der Waals surface area contributed by atoms with Crippen molar-refractivity contribution in [2.45, 2.75) is 58.5 Å². The van der Waals surface area contributed by atoms with Crippen LogP contribution in [0, 0.1) is 0 Å². The Morgan fingerprint density at radius 2 is 1.82 bits per heavy atom. The summed E-state index contributed by atoms with van der Waals surface area (Å²) in [6, 6.07) is 9.65. The molecule has 2 heteroatoms. The van der Waals surface area contributed by atoms with Gasteiger partial charge in [0.05, 0.1) is 0 Å². The largest absolute Gasteiger partial charge is 0.307 e. The van der Waals surface area contributed by atoms with E-state index in [9.17, 15) is 0 Å². The predicted octanol–water partition coefficient (Wildman–Crippen LogP) is 5.07. The van der Waals surface area contributed by atoms with E-state index in [1.54, 1.807) is 0 Å². The minimum Gasteiger partial charge on any atom is -0.307 e. The summed E-state index contributed by atoms with van der Waals surface area (Å²) in [5.41, 5.74) is 1.36. The van der Waals surface area contributed by atoms with E-state index in [-0.39, 0.29) is 0 Å². The number of rotatable bonds is 7. The van der Waals surface area contributed by atoms with Crippen molar-refractivity contribution < 1.29 is 0 Å². The van der Waals surface area contributed by atoms with E-state index in [0.29, 0.717) is 12.1 Å². The SMILES string of the molecule is CCCC(CCC)N[C@H](C)c1cccc(Br)c1. The van der Waals surface area contributed by atoms with Gasteiger partial charge in [-0.25, -0.2) is 0 Å². The molecule has 0 amide bonds. The second-order valence-corrected chi connectivity index (χ2v) is 5.63. The average Bonchev–Trinajstić information content (AvgIpc) is 2.29. The van der Waals surface area contributed by atoms with E-state index in [1.165, 1.54) is 31.2 Å². The van der Waals surface area contributed by atoms with Crippen LogP contribution in [0.1, 0.15) is 58.1 Å². The highest BCUT2D eigenvalue weighted by atomic mass is 79.9. The fourth-order valence-corrected chi connectivity index (χ4v) is 2.65. The van der Waals surface area contributed by atoms with Crippen LogP contribution in [0.5, 0.6) is 0 Å². The summed E-state index contributed by atoms with van der Waals surface area (Å²) in [7, 11) is 0. The number of hydrogen-bond acceptors (Lipinski definition) is 1. The molecule has 0 aliphatic heterocycles. The van der Waals surface area contributed by atoms with Crippen LogP contribution in [0.3, 0.4) is 0 Å². The zero-order valence-corrected chi connectivity index (χ0v) is 12.8. The second-order valence-electron chi connectivity index (χ2n) is 4.72. The molecule has 0 spiro atoms. The van der Waals surface area contributed by atoms with Crippen molar-refractivity contribution in [1.82, 2.24) is 5.32 Å². The fourth-order valence-electron chi connectivity index (χ4n) is 2.23. The molecule has 0 saturated heterocycles. The second kappa shape index (κ2) is 7.88. The lowest BCUT2D eigenvalue weighted by Gasteiger charge is -2.23. The fraction of sp³-hybridized carbons (Fsp3) is 0.600. The minimum atomic E-state index is 0.426. The molecule has 1 rings (SSSR count). The lowest BCUT2D eigenvalue weighted by molar-refractivity contribution is 0.402. The molecule has 1 aromatic rings. The summed E-state index contributed by atoms with van der Waals surface area (Å²) in [4.78, 5) is 0. The topological polar surface area (TPSA) is 12.0 Å². The number of nitrogens with one attached hydrogen (secondary N) is 1. The third-order valence-corrected chi connectivity index (χ3v) is 3.60. The molecule has 1 N–H and O–H groups in total. The van der Waals surface area contributed by atoms with Gasteiger partial charge in [0.15, 0.2) is 0 Å². The first-order chi connectivity index (χ1) is 8.17. The lowest BCUT2D eigenvalue weighted by atomic mass is 10.0. The molecule has 0 aliphatic carbocycles. The summed E-state index contributed by atoms with van der Waals surface area (Å²) < 4.78 is 1.16. The maximum absolute atomic E-state index is 3.74. The van der Waals surface area contributed by atoms with Gasteiger partial charge in [-0.3, -0.25) is 0 Å². The number of halogens is 1. The van der Waals surface area contributed by atoms with Gasteiger partial charge < -0.3 is 5.32 Å². The van der Waals surface area contributed by atoms with Crippen molar-refractivity contribution >= 4 is 15.9 Å². The van der Waals surface area contributed by atoms with E-state index in [0.717, 1.165) is 4.47 Å². The van der Waals surface area contributed by atoms with Crippen LogP contribution < -0.4 is 5.32 Å². The highest BCUT2D eigenvalue weighted by Crippen LogP contribution is 2.19. The Balaban J connectivity index is 2.59. The molecule has 1 atom stereocenters. The highest BCUT2D eigenvalue weighted by Gasteiger charge is 2.11. The first-order valence-corrected chi connectivity index (χ1v) is 7.48. The summed E-state index contributed by atoms with van der Waals surface area (Å²) in [5, 5.41) is 3.74. The van der Waals surface area contributed by atoms with E-state index < -0.39 is 0 Å². The molecule has 96 valence electrons. The molecule has 0 radical (unpaired) electrons. The van der Waals surface area contributed by atoms with E-state index in [2.05, 4.69) is 66.3 Å². The molecule has 0 saturated carbocycles. The minimum absolute atomic E-state index is 0.426. The first-order valence-electron chi connectivity index (χ1n) is 6.68. The average molecular weight is 298 g/mol. The van der Waals surface area contributed by atoms with Crippen LogP contribution in [0.15, 0.2) is 28.7 Å². The Morgan fingerprint density at radius 1 is 1.18 bits per heavy atom. The molecule has 0 aliphatic rings. The standard InChI is InChI=1S/C15H24BrN/c1-4-7-15(8-5-2)17-12(3)13-9-6-10-14(16)11-13/h6,9-12,15,17H,4-5,7-8H2,1-3H3/t12-/m1/s1. The summed E-state index contributed by atoms with van der Waals surface area (Å²) in [6.07, 6.45) is 5.05. The van der Waals surface area contributed by atoms with Crippen molar-refractivity contribution in [2.75, 3.05) is 0 Å². The van der Waals surface area contributed by atoms with Gasteiger partial charge in [0.2, 0.25) is 0 Å². The number of hydrogen-bond donors (Lipinski definition) is 1. The van der Waals surface area contributed by atoms with Crippen LogP contribution in [-0.4, -0.2) is 6.04 Å². The third kappa shape index (κ3) is 5.22. The molecular formula is C15H24BrN. The van der Waals surface area contributed by atoms with Gasteiger partial charge in [0.1, 0.15) is 0 Å². The maximum Gasteiger partial charge on any atom is 0.0294 e. The Labute approximate surface area is 114 Å². The van der Waals surface area contributed by atoms with Crippen LogP contribution >= 0.6 is 15.9 Å². The predicted molar refractivity (Wildman–Crippen MR) is 79.3 cm³/mol. The summed E-state index contributed by atoms with van der Waals surface area (Å²) in [6.45, 7) is 6.77. The molecule has 1 aromatic carbocycles. The number of benzene rings is 1. The molecule has 0 heterocycles. The maximum atomic E-state index is 3.74. The molecule has 0 aromatic heterocycles. The van der Waals surface area contributed by atoms with Gasteiger partial charge >= 0.3 is 0 Å². The van der Waals surface area contributed by atoms with Gasteiger partial charge in [0.25, 0.3) is 0 Å². The summed E-state index contributed by atoms with van der Waals surface area (Å²) >= 11 is 3.53. The Morgan fingerprint density at radius 3 is 2.35 bits per heavy atom. The zero-order chi connectivity index (χ0) is 12.7. The smallest absolute Gasteiger partial charge is 0.0294 e. The Bertz CT molecular complexity index is 318. The van der Waals surface area contributed by atoms with E-state index in [4.69, 9.17) is 0 Å². The molecule has 0 bridgehead atoms. The lowest BCUT2D eigenvalue weighted by Crippen LogP contribution is -2.31. The monoisotopic (exact) mass is 297 g/mol. The van der Waals surface area contributed by atoms with Gasteiger partial charge in [-0.15, -0.1) is 0 Å². The van der Waals surface area contributed by atoms with Gasteiger partial charge in [-0.2, -0.15) is 0 Å².